The first kappa shape index (κ1) is 15.7. The molecule has 20 heavy (non-hydrogen) atoms. The average Bonchev–Trinajstić information content (AvgIpc) is 2.97. The summed E-state index contributed by atoms with van der Waals surface area (Å²) in [5, 5.41) is 8.98. The van der Waals surface area contributed by atoms with E-state index in [1.807, 2.05) is 12.3 Å². The molecule has 5 nitrogen and oxygen atoms in total. The van der Waals surface area contributed by atoms with Gasteiger partial charge in [0, 0.05) is 11.9 Å². The number of nitrogens with one attached hydrogen (secondary N) is 2. The molecule has 2 saturated heterocycles. The minimum Gasteiger partial charge on any atom is -0.316 e. The van der Waals surface area contributed by atoms with Crippen molar-refractivity contribution in [1.29, 1.82) is 0 Å². The molecule has 0 radical (unpaired) electrons. The fraction of sp³-hybridized carbons (Fsp3) is 0.692. The zero-order valence-electron chi connectivity index (χ0n) is 11.6. The van der Waals surface area contributed by atoms with Gasteiger partial charge in [0.2, 0.25) is 5.91 Å². The molecule has 112 valence electrons. The molecule has 2 fully saturated rings. The monoisotopic (exact) mass is 316 g/mol. The normalized spacial score (nSPS) is 25.9. The molecular weight excluding hydrogens is 296 g/mol. The van der Waals surface area contributed by atoms with Crippen molar-refractivity contribution in [2.45, 2.75) is 13.3 Å². The molecule has 0 spiro atoms. The average molecular weight is 317 g/mol. The second kappa shape index (κ2) is 6.85. The van der Waals surface area contributed by atoms with Crippen molar-refractivity contribution in [2.24, 2.45) is 11.8 Å². The first-order valence-corrected chi connectivity index (χ1v) is 7.74. The standard InChI is InChI=1S/C13H20N4OS.ClH/c1-9-8-19-13(15-9)16-12(18)7-17-3-2-10-4-14-5-11(10)6-17;/h8,10-11,14H,2-7H2,1H3,(H,15,16,18);1H. The van der Waals surface area contributed by atoms with Crippen LogP contribution in [0.5, 0.6) is 0 Å². The van der Waals surface area contributed by atoms with E-state index in [9.17, 15) is 4.79 Å². The number of carbonyl (C=O) groups is 1. The molecule has 0 aliphatic carbocycles. The van der Waals surface area contributed by atoms with Crippen molar-refractivity contribution in [3.63, 3.8) is 0 Å². The van der Waals surface area contributed by atoms with Crippen molar-refractivity contribution in [1.82, 2.24) is 15.2 Å². The van der Waals surface area contributed by atoms with Crippen LogP contribution in [0.3, 0.4) is 0 Å². The number of hydrogen-bond donors (Lipinski definition) is 2. The van der Waals surface area contributed by atoms with Gasteiger partial charge in [-0.2, -0.15) is 0 Å². The van der Waals surface area contributed by atoms with E-state index in [4.69, 9.17) is 0 Å². The highest BCUT2D eigenvalue weighted by Crippen LogP contribution is 2.26. The summed E-state index contributed by atoms with van der Waals surface area (Å²) in [5.41, 5.74) is 0.957. The zero-order valence-corrected chi connectivity index (χ0v) is 13.2. The van der Waals surface area contributed by atoms with E-state index in [-0.39, 0.29) is 18.3 Å². The van der Waals surface area contributed by atoms with Crippen LogP contribution in [0.2, 0.25) is 0 Å². The van der Waals surface area contributed by atoms with Crippen LogP contribution in [0.4, 0.5) is 5.13 Å². The van der Waals surface area contributed by atoms with Crippen molar-refractivity contribution in [3.8, 4) is 0 Å². The largest absolute Gasteiger partial charge is 0.316 e. The lowest BCUT2D eigenvalue weighted by Gasteiger charge is -2.33. The summed E-state index contributed by atoms with van der Waals surface area (Å²) in [7, 11) is 0. The minimum absolute atomic E-state index is 0. The molecular formula is C13H21ClN4OS. The van der Waals surface area contributed by atoms with Crippen molar-refractivity contribution in [2.75, 3.05) is 38.0 Å². The van der Waals surface area contributed by atoms with Crippen LogP contribution in [0.25, 0.3) is 0 Å². The van der Waals surface area contributed by atoms with Crippen LogP contribution in [0.1, 0.15) is 12.1 Å². The Kier molecular flexibility index (Phi) is 5.37. The van der Waals surface area contributed by atoms with E-state index in [0.717, 1.165) is 43.7 Å². The van der Waals surface area contributed by atoms with Crippen LogP contribution >= 0.6 is 23.7 Å². The van der Waals surface area contributed by atoms with E-state index in [1.54, 1.807) is 0 Å². The highest BCUT2D eigenvalue weighted by molar-refractivity contribution is 7.13. The fourth-order valence-electron chi connectivity index (χ4n) is 3.03. The molecule has 3 heterocycles. The van der Waals surface area contributed by atoms with Crippen LogP contribution in [-0.2, 0) is 4.79 Å². The molecule has 0 saturated carbocycles. The number of carbonyl (C=O) groups excluding carboxylic acids is 1. The molecule has 2 atom stereocenters. The molecule has 1 amide bonds. The zero-order chi connectivity index (χ0) is 13.2. The summed E-state index contributed by atoms with van der Waals surface area (Å²) in [4.78, 5) is 18.5. The maximum Gasteiger partial charge on any atom is 0.240 e. The Bertz CT molecular complexity index is 467. The Morgan fingerprint density at radius 2 is 2.35 bits per heavy atom. The molecule has 3 rings (SSSR count). The van der Waals surface area contributed by atoms with Crippen LogP contribution in [0, 0.1) is 18.8 Å². The first-order valence-electron chi connectivity index (χ1n) is 6.86. The van der Waals surface area contributed by atoms with Crippen LogP contribution in [-0.4, -0.2) is 48.5 Å². The Morgan fingerprint density at radius 1 is 1.55 bits per heavy atom. The van der Waals surface area contributed by atoms with E-state index < -0.39 is 0 Å². The van der Waals surface area contributed by atoms with Gasteiger partial charge in [0.05, 0.1) is 12.2 Å². The highest BCUT2D eigenvalue weighted by atomic mass is 35.5. The lowest BCUT2D eigenvalue weighted by atomic mass is 9.89. The number of likely N-dealkylation sites (tertiary alicyclic amines) is 1. The van der Waals surface area contributed by atoms with E-state index >= 15 is 0 Å². The highest BCUT2D eigenvalue weighted by Gasteiger charge is 2.33. The quantitative estimate of drug-likeness (QED) is 0.884. The number of piperidine rings is 1. The summed E-state index contributed by atoms with van der Waals surface area (Å²) < 4.78 is 0. The molecule has 2 aliphatic rings. The maximum absolute atomic E-state index is 12.0. The Labute approximate surface area is 129 Å². The SMILES string of the molecule is Cc1csc(NC(=O)CN2CCC3CNCC3C2)n1.Cl. The number of halogens is 1. The van der Waals surface area contributed by atoms with Gasteiger partial charge in [0.25, 0.3) is 0 Å². The van der Waals surface area contributed by atoms with Crippen molar-refractivity contribution >= 4 is 34.8 Å². The molecule has 2 aliphatic heterocycles. The number of aryl methyl sites for hydroxylation is 1. The topological polar surface area (TPSA) is 57.3 Å². The van der Waals surface area contributed by atoms with E-state index in [1.165, 1.54) is 17.8 Å². The Hall–Kier alpha value is -0.690. The number of rotatable bonds is 3. The third kappa shape index (κ3) is 3.69. The van der Waals surface area contributed by atoms with Gasteiger partial charge >= 0.3 is 0 Å². The number of amides is 1. The number of anilines is 1. The number of thiazole rings is 1. The number of aromatic nitrogens is 1. The molecule has 7 heteroatoms. The minimum atomic E-state index is 0. The lowest BCUT2D eigenvalue weighted by molar-refractivity contribution is -0.117. The lowest BCUT2D eigenvalue weighted by Crippen LogP contribution is -2.43. The van der Waals surface area contributed by atoms with Gasteiger partial charge in [-0.3, -0.25) is 9.69 Å². The summed E-state index contributed by atoms with van der Waals surface area (Å²) >= 11 is 1.48. The summed E-state index contributed by atoms with van der Waals surface area (Å²) in [6.07, 6.45) is 1.21. The van der Waals surface area contributed by atoms with E-state index in [2.05, 4.69) is 20.5 Å². The van der Waals surface area contributed by atoms with Gasteiger partial charge < -0.3 is 10.6 Å². The first-order chi connectivity index (χ1) is 9.20. The number of fused-ring (bicyclic) bond motifs is 1. The molecule has 0 bridgehead atoms. The summed E-state index contributed by atoms with van der Waals surface area (Å²) in [6.45, 7) is 6.76. The molecule has 1 aromatic heterocycles. The van der Waals surface area contributed by atoms with Gasteiger partial charge in [0.1, 0.15) is 0 Å². The fourth-order valence-corrected chi connectivity index (χ4v) is 3.73. The second-order valence-electron chi connectivity index (χ2n) is 5.54. The predicted octanol–water partition coefficient (Wildman–Crippen LogP) is 1.35. The third-order valence-electron chi connectivity index (χ3n) is 4.02. The third-order valence-corrected chi connectivity index (χ3v) is 4.90. The van der Waals surface area contributed by atoms with Gasteiger partial charge in [-0.05, 0) is 44.8 Å². The van der Waals surface area contributed by atoms with Gasteiger partial charge in [-0.15, -0.1) is 23.7 Å². The molecule has 1 aromatic rings. The second-order valence-corrected chi connectivity index (χ2v) is 6.40. The van der Waals surface area contributed by atoms with Gasteiger partial charge in [0.15, 0.2) is 5.13 Å². The van der Waals surface area contributed by atoms with Crippen LogP contribution in [0.15, 0.2) is 5.38 Å². The number of hydrogen-bond acceptors (Lipinski definition) is 5. The molecule has 0 aromatic carbocycles. The molecule has 2 unspecified atom stereocenters. The van der Waals surface area contributed by atoms with E-state index in [0.29, 0.717) is 11.7 Å². The van der Waals surface area contributed by atoms with Gasteiger partial charge in [-0.25, -0.2) is 4.98 Å². The van der Waals surface area contributed by atoms with Crippen LogP contribution < -0.4 is 10.6 Å². The summed E-state index contributed by atoms with van der Waals surface area (Å²) in [5.74, 6) is 1.60. The smallest absolute Gasteiger partial charge is 0.240 e. The molecule has 2 N–H and O–H groups in total. The number of nitrogens with zero attached hydrogens (tertiary/aromatic N) is 2. The Morgan fingerprint density at radius 3 is 3.10 bits per heavy atom. The maximum atomic E-state index is 12.0. The Balaban J connectivity index is 0.00000147. The van der Waals surface area contributed by atoms with Gasteiger partial charge in [-0.1, -0.05) is 0 Å². The summed E-state index contributed by atoms with van der Waals surface area (Å²) in [6, 6.07) is 0. The van der Waals surface area contributed by atoms with Crippen molar-refractivity contribution in [3.05, 3.63) is 11.1 Å². The van der Waals surface area contributed by atoms with Crippen molar-refractivity contribution < 1.29 is 4.79 Å². The predicted molar refractivity (Wildman–Crippen MR) is 83.6 cm³/mol.